The van der Waals surface area contributed by atoms with Gasteiger partial charge in [-0.15, -0.1) is 0 Å². The van der Waals surface area contributed by atoms with Crippen LogP contribution in [0.2, 0.25) is 0 Å². The first-order chi connectivity index (χ1) is 22.9. The van der Waals surface area contributed by atoms with Gasteiger partial charge in [0.05, 0.1) is 28.9 Å². The highest BCUT2D eigenvalue weighted by atomic mass is 32.2. The highest BCUT2D eigenvalue weighted by Crippen LogP contribution is 2.34. The minimum Gasteiger partial charge on any atom is -0.492 e. The molecular weight excluding hydrogens is 628 g/mol. The molecule has 0 radical (unpaired) electrons. The van der Waals surface area contributed by atoms with Crippen molar-refractivity contribution in [1.29, 1.82) is 0 Å². The maximum absolute atomic E-state index is 13.2. The Morgan fingerprint density at radius 2 is 1.71 bits per heavy atom. The van der Waals surface area contributed by atoms with Gasteiger partial charge in [-0.3, -0.25) is 4.72 Å². The lowest BCUT2D eigenvalue weighted by molar-refractivity contribution is 0.0524. The fraction of sp³-hybridized carbons (Fsp3) is 0.342. The Balaban J connectivity index is 1.23. The monoisotopic (exact) mass is 672 g/mol. The van der Waals surface area contributed by atoms with E-state index in [0.29, 0.717) is 36.6 Å². The zero-order valence-electron chi connectivity index (χ0n) is 28.3. The Morgan fingerprint density at radius 3 is 2.42 bits per heavy atom. The number of fused-ring (bicyclic) bond motifs is 4. The van der Waals surface area contributed by atoms with Gasteiger partial charge in [-0.25, -0.2) is 13.2 Å². The number of carbonyl (C=O) groups is 1. The second-order valence-corrected chi connectivity index (χ2v) is 14.1. The molecule has 3 N–H and O–H groups in total. The van der Waals surface area contributed by atoms with E-state index in [1.165, 1.54) is 6.07 Å². The molecule has 1 aliphatic heterocycles. The van der Waals surface area contributed by atoms with E-state index in [9.17, 15) is 18.3 Å². The van der Waals surface area contributed by atoms with Gasteiger partial charge >= 0.3 is 5.97 Å². The summed E-state index contributed by atoms with van der Waals surface area (Å²) in [6.07, 6.45) is -1.01. The number of hydrogen-bond acceptors (Lipinski definition) is 8. The standard InChI is InChI=1S/C38H44N2O7S/c1-7-45-38(42)32-13-11-28(20-34(32)23(2)3)29-17-24(4)37(25(5)18-29)46-16-15-39-26(6)36(41)33-14-12-30-21-35(33)40-48(43,44)31-10-8-9-27(19-31)22-47-30/h8-14,17-21,23,26,36,39-41H,7,15-16,22H2,1-6H3/t26-,36-/m0/s1. The first kappa shape index (κ1) is 34.9. The number of aliphatic hydroxyl groups is 1. The van der Waals surface area contributed by atoms with Crippen molar-refractivity contribution in [3.63, 3.8) is 0 Å². The summed E-state index contributed by atoms with van der Waals surface area (Å²) in [7, 11) is -3.87. The van der Waals surface area contributed by atoms with Crippen molar-refractivity contribution in [3.8, 4) is 22.6 Å². The molecule has 48 heavy (non-hydrogen) atoms. The first-order valence-electron chi connectivity index (χ1n) is 16.2. The SMILES string of the molecule is CCOC(=O)c1ccc(-c2cc(C)c(OCCN[C@@H](C)[C@H](O)c3ccc4cc3NS(=O)(=O)c3cccc(c3)CO4)c(C)c2)cc1C(C)C. The molecule has 0 spiro atoms. The summed E-state index contributed by atoms with van der Waals surface area (Å²) in [6, 6.07) is 21.2. The lowest BCUT2D eigenvalue weighted by Gasteiger charge is -2.24. The van der Waals surface area contributed by atoms with Gasteiger partial charge in [-0.1, -0.05) is 44.2 Å². The predicted octanol–water partition coefficient (Wildman–Crippen LogP) is 7.05. The van der Waals surface area contributed by atoms with Crippen LogP contribution in [0, 0.1) is 13.8 Å². The van der Waals surface area contributed by atoms with E-state index in [1.54, 1.807) is 37.3 Å². The van der Waals surface area contributed by atoms with E-state index in [1.807, 2.05) is 39.0 Å². The molecule has 2 atom stereocenters. The van der Waals surface area contributed by atoms with Crippen molar-refractivity contribution in [2.75, 3.05) is 24.5 Å². The zero-order valence-corrected chi connectivity index (χ0v) is 29.1. The van der Waals surface area contributed by atoms with Gasteiger partial charge in [-0.05, 0) is 103 Å². The smallest absolute Gasteiger partial charge is 0.338 e. The molecule has 9 nitrogen and oxygen atoms in total. The molecule has 1 heterocycles. The van der Waals surface area contributed by atoms with Crippen LogP contribution >= 0.6 is 0 Å². The Bertz CT molecular complexity index is 1880. The number of sulfonamides is 1. The van der Waals surface area contributed by atoms with Crippen LogP contribution < -0.4 is 19.5 Å². The third kappa shape index (κ3) is 7.84. The molecule has 0 aromatic heterocycles. The van der Waals surface area contributed by atoms with E-state index < -0.39 is 22.2 Å². The molecule has 1 aliphatic rings. The second kappa shape index (κ2) is 14.8. The number of rotatable bonds is 11. The molecule has 0 saturated heterocycles. The minimum absolute atomic E-state index is 0.130. The minimum atomic E-state index is -3.87. The van der Waals surface area contributed by atoms with Crippen LogP contribution in [0.15, 0.2) is 77.7 Å². The van der Waals surface area contributed by atoms with Gasteiger partial charge in [-0.2, -0.15) is 0 Å². The predicted molar refractivity (Wildman–Crippen MR) is 187 cm³/mol. The second-order valence-electron chi connectivity index (χ2n) is 12.4. The van der Waals surface area contributed by atoms with Crippen molar-refractivity contribution in [2.45, 2.75) is 71.1 Å². The van der Waals surface area contributed by atoms with Crippen LogP contribution in [0.25, 0.3) is 11.1 Å². The molecule has 0 aliphatic carbocycles. The summed E-state index contributed by atoms with van der Waals surface area (Å²) < 4.78 is 46.3. The van der Waals surface area contributed by atoms with Gasteiger partial charge in [0.1, 0.15) is 24.7 Å². The van der Waals surface area contributed by atoms with Crippen LogP contribution in [0.1, 0.15) is 77.9 Å². The topological polar surface area (TPSA) is 123 Å². The Kier molecular flexibility index (Phi) is 10.8. The van der Waals surface area contributed by atoms with Gasteiger partial charge in [0.2, 0.25) is 0 Å². The molecule has 4 aromatic carbocycles. The zero-order chi connectivity index (χ0) is 34.6. The van der Waals surface area contributed by atoms with Crippen LogP contribution in [0.5, 0.6) is 11.5 Å². The van der Waals surface area contributed by atoms with Crippen molar-refractivity contribution in [2.24, 2.45) is 0 Å². The van der Waals surface area contributed by atoms with E-state index in [2.05, 4.69) is 42.1 Å². The number of esters is 1. The molecule has 0 unspecified atom stereocenters. The first-order valence-corrected chi connectivity index (χ1v) is 17.7. The quantitative estimate of drug-likeness (QED) is 0.114. The summed E-state index contributed by atoms with van der Waals surface area (Å²) in [4.78, 5) is 12.6. The number of nitrogens with one attached hydrogen (secondary N) is 2. The number of aryl methyl sites for hydroxylation is 2. The molecular formula is C38H44N2O7S. The van der Waals surface area contributed by atoms with Gasteiger partial charge < -0.3 is 24.6 Å². The largest absolute Gasteiger partial charge is 0.492 e. The average molecular weight is 673 g/mol. The lowest BCUT2D eigenvalue weighted by Crippen LogP contribution is -2.35. The molecule has 0 fully saturated rings. The molecule has 10 heteroatoms. The maximum Gasteiger partial charge on any atom is 0.338 e. The van der Waals surface area contributed by atoms with E-state index >= 15 is 0 Å². The van der Waals surface area contributed by atoms with E-state index in [-0.39, 0.29) is 29.1 Å². The summed E-state index contributed by atoms with van der Waals surface area (Å²) in [5.74, 6) is 1.13. The number of aliphatic hydroxyl groups excluding tert-OH is 1. The number of benzene rings is 4. The van der Waals surface area contributed by atoms with Crippen molar-refractivity contribution in [3.05, 3.63) is 106 Å². The fourth-order valence-electron chi connectivity index (χ4n) is 5.92. The third-order valence-corrected chi connectivity index (χ3v) is 9.82. The number of hydrogen-bond donors (Lipinski definition) is 3. The maximum atomic E-state index is 13.2. The highest BCUT2D eigenvalue weighted by molar-refractivity contribution is 7.92. The Labute approximate surface area is 283 Å². The van der Waals surface area contributed by atoms with Crippen LogP contribution in [-0.2, 0) is 21.4 Å². The van der Waals surface area contributed by atoms with Crippen LogP contribution in [-0.4, -0.2) is 45.3 Å². The van der Waals surface area contributed by atoms with Gasteiger partial charge in [0.25, 0.3) is 10.0 Å². The molecule has 0 amide bonds. The Hall–Kier alpha value is -4.38. The molecule has 0 saturated carbocycles. The number of carbonyl (C=O) groups excluding carboxylic acids is 1. The summed E-state index contributed by atoms with van der Waals surface area (Å²) in [6.45, 7) is 13.1. The summed E-state index contributed by atoms with van der Waals surface area (Å²) >= 11 is 0. The van der Waals surface area contributed by atoms with Gasteiger partial charge in [0.15, 0.2) is 0 Å². The number of anilines is 1. The molecule has 5 rings (SSSR count). The van der Waals surface area contributed by atoms with Crippen molar-refractivity contribution in [1.82, 2.24) is 5.32 Å². The van der Waals surface area contributed by atoms with Crippen LogP contribution in [0.3, 0.4) is 0 Å². The molecule has 4 aromatic rings. The van der Waals surface area contributed by atoms with Crippen LogP contribution in [0.4, 0.5) is 5.69 Å². The van der Waals surface area contributed by atoms with E-state index in [0.717, 1.165) is 39.1 Å². The molecule has 254 valence electrons. The van der Waals surface area contributed by atoms with E-state index in [4.69, 9.17) is 14.2 Å². The normalized spacial score (nSPS) is 14.8. The molecule has 4 bridgehead atoms. The summed E-state index contributed by atoms with van der Waals surface area (Å²) in [5.41, 5.74) is 6.99. The van der Waals surface area contributed by atoms with Crippen molar-refractivity contribution >= 4 is 21.7 Å². The lowest BCUT2D eigenvalue weighted by atomic mass is 9.91. The highest BCUT2D eigenvalue weighted by Gasteiger charge is 2.24. The average Bonchev–Trinajstić information content (AvgIpc) is 3.05. The van der Waals surface area contributed by atoms with Gasteiger partial charge in [0, 0.05) is 24.2 Å². The Morgan fingerprint density at radius 1 is 0.958 bits per heavy atom. The van der Waals surface area contributed by atoms with Crippen molar-refractivity contribution < 1.29 is 32.5 Å². The fourth-order valence-corrected chi connectivity index (χ4v) is 7.07. The number of ether oxygens (including phenoxy) is 3. The summed E-state index contributed by atoms with van der Waals surface area (Å²) in [5, 5.41) is 14.6. The third-order valence-electron chi connectivity index (χ3n) is 8.45.